The predicted molar refractivity (Wildman–Crippen MR) is 75.8 cm³/mol. The quantitative estimate of drug-likeness (QED) is 0.785. The number of hydrogen-bond donors (Lipinski definition) is 2. The molecular formula is C15H20N2O2. The van der Waals surface area contributed by atoms with Gasteiger partial charge in [0.25, 0.3) is 5.91 Å². The second-order valence-corrected chi connectivity index (χ2v) is 4.14. The van der Waals surface area contributed by atoms with Gasteiger partial charge in [-0.3, -0.25) is 4.79 Å². The maximum Gasteiger partial charge on any atom is 0.253 e. The van der Waals surface area contributed by atoms with Crippen molar-refractivity contribution in [1.29, 1.82) is 0 Å². The summed E-state index contributed by atoms with van der Waals surface area (Å²) in [5.74, 6) is 5.69. The molecule has 4 nitrogen and oxygen atoms in total. The van der Waals surface area contributed by atoms with Crippen LogP contribution in [0.15, 0.2) is 18.2 Å². The van der Waals surface area contributed by atoms with E-state index in [1.807, 2.05) is 26.0 Å². The monoisotopic (exact) mass is 260 g/mol. The normalized spacial score (nSPS) is 9.68. The van der Waals surface area contributed by atoms with E-state index in [0.29, 0.717) is 25.2 Å². The van der Waals surface area contributed by atoms with E-state index >= 15 is 0 Å². The summed E-state index contributed by atoms with van der Waals surface area (Å²) in [5.41, 5.74) is 7.79. The Labute approximate surface area is 114 Å². The SMILES string of the molecule is CCN(CCO)C(=O)c1ccc(C#CCN)c(C)c1. The van der Waals surface area contributed by atoms with Crippen LogP contribution in [-0.2, 0) is 0 Å². The standard InChI is InChI=1S/C15H20N2O2/c1-3-17(9-10-18)15(19)14-7-6-13(5-4-8-16)12(2)11-14/h6-7,11,18H,3,8-10,16H2,1-2H3. The number of aliphatic hydroxyl groups excluding tert-OH is 1. The number of nitrogens with zero attached hydrogens (tertiary/aromatic N) is 1. The molecule has 0 fully saturated rings. The fourth-order valence-corrected chi connectivity index (χ4v) is 1.79. The third kappa shape index (κ3) is 4.09. The predicted octanol–water partition coefficient (Wildman–Crippen LogP) is 0.760. The molecule has 1 aromatic rings. The summed E-state index contributed by atoms with van der Waals surface area (Å²) < 4.78 is 0. The van der Waals surface area contributed by atoms with Crippen molar-refractivity contribution in [2.75, 3.05) is 26.2 Å². The molecule has 0 bridgehead atoms. The molecule has 102 valence electrons. The minimum Gasteiger partial charge on any atom is -0.395 e. The number of aryl methyl sites for hydroxylation is 1. The van der Waals surface area contributed by atoms with Crippen LogP contribution in [0.1, 0.15) is 28.4 Å². The second-order valence-electron chi connectivity index (χ2n) is 4.14. The summed E-state index contributed by atoms with van der Waals surface area (Å²) in [7, 11) is 0. The molecule has 0 atom stereocenters. The first kappa shape index (κ1) is 15.2. The van der Waals surface area contributed by atoms with E-state index in [9.17, 15) is 4.79 Å². The number of carbonyl (C=O) groups excluding carboxylic acids is 1. The number of hydrogen-bond acceptors (Lipinski definition) is 3. The van der Waals surface area contributed by atoms with Gasteiger partial charge in [-0.15, -0.1) is 0 Å². The molecule has 3 N–H and O–H groups in total. The lowest BCUT2D eigenvalue weighted by molar-refractivity contribution is 0.0732. The molecule has 19 heavy (non-hydrogen) atoms. The Balaban J connectivity index is 2.96. The topological polar surface area (TPSA) is 66.6 Å². The van der Waals surface area contributed by atoms with Gasteiger partial charge in [0.05, 0.1) is 13.2 Å². The van der Waals surface area contributed by atoms with E-state index in [0.717, 1.165) is 11.1 Å². The zero-order chi connectivity index (χ0) is 14.3. The van der Waals surface area contributed by atoms with Crippen molar-refractivity contribution in [3.05, 3.63) is 34.9 Å². The summed E-state index contributed by atoms with van der Waals surface area (Å²) in [6.45, 7) is 5.02. The van der Waals surface area contributed by atoms with Crippen molar-refractivity contribution < 1.29 is 9.90 Å². The van der Waals surface area contributed by atoms with Crippen molar-refractivity contribution in [2.45, 2.75) is 13.8 Å². The highest BCUT2D eigenvalue weighted by atomic mass is 16.3. The van der Waals surface area contributed by atoms with Gasteiger partial charge in [0.15, 0.2) is 0 Å². The minimum absolute atomic E-state index is 0.0291. The van der Waals surface area contributed by atoms with E-state index < -0.39 is 0 Å². The van der Waals surface area contributed by atoms with Gasteiger partial charge in [-0.25, -0.2) is 0 Å². The molecular weight excluding hydrogens is 240 g/mol. The minimum atomic E-state index is -0.0713. The van der Waals surface area contributed by atoms with Gasteiger partial charge in [0.2, 0.25) is 0 Å². The van der Waals surface area contributed by atoms with Gasteiger partial charge in [-0.05, 0) is 37.6 Å². The summed E-state index contributed by atoms with van der Waals surface area (Å²) in [5, 5.41) is 8.94. The Morgan fingerprint density at radius 1 is 1.47 bits per heavy atom. The zero-order valence-corrected chi connectivity index (χ0v) is 11.4. The molecule has 1 rings (SSSR count). The van der Waals surface area contributed by atoms with Crippen LogP contribution in [0, 0.1) is 18.8 Å². The van der Waals surface area contributed by atoms with Gasteiger partial charge in [0.1, 0.15) is 0 Å². The maximum absolute atomic E-state index is 12.2. The lowest BCUT2D eigenvalue weighted by atomic mass is 10.0. The van der Waals surface area contributed by atoms with Crippen molar-refractivity contribution in [3.8, 4) is 11.8 Å². The van der Waals surface area contributed by atoms with E-state index in [1.165, 1.54) is 0 Å². The van der Waals surface area contributed by atoms with Crippen molar-refractivity contribution in [2.24, 2.45) is 5.73 Å². The van der Waals surface area contributed by atoms with Gasteiger partial charge >= 0.3 is 0 Å². The Hall–Kier alpha value is -1.83. The molecule has 0 aliphatic rings. The number of amides is 1. The third-order valence-corrected chi connectivity index (χ3v) is 2.84. The zero-order valence-electron chi connectivity index (χ0n) is 11.4. The molecule has 0 aliphatic carbocycles. The number of rotatable bonds is 4. The average molecular weight is 260 g/mol. The molecule has 0 spiro atoms. The summed E-state index contributed by atoms with van der Waals surface area (Å²) in [4.78, 5) is 13.8. The highest BCUT2D eigenvalue weighted by molar-refractivity contribution is 5.94. The number of nitrogens with two attached hydrogens (primary N) is 1. The van der Waals surface area contributed by atoms with Crippen LogP contribution in [0.3, 0.4) is 0 Å². The largest absolute Gasteiger partial charge is 0.395 e. The van der Waals surface area contributed by atoms with Crippen molar-refractivity contribution >= 4 is 5.91 Å². The molecule has 0 unspecified atom stereocenters. The third-order valence-electron chi connectivity index (χ3n) is 2.84. The van der Waals surface area contributed by atoms with Crippen LogP contribution >= 0.6 is 0 Å². The maximum atomic E-state index is 12.2. The smallest absolute Gasteiger partial charge is 0.253 e. The molecule has 0 aliphatic heterocycles. The van der Waals surface area contributed by atoms with Crippen molar-refractivity contribution in [1.82, 2.24) is 4.90 Å². The van der Waals surface area contributed by atoms with Crippen LogP contribution in [-0.4, -0.2) is 42.2 Å². The fraction of sp³-hybridized carbons (Fsp3) is 0.400. The van der Waals surface area contributed by atoms with Crippen LogP contribution in [0.4, 0.5) is 0 Å². The molecule has 0 radical (unpaired) electrons. The van der Waals surface area contributed by atoms with E-state index in [-0.39, 0.29) is 12.5 Å². The van der Waals surface area contributed by atoms with Gasteiger partial charge < -0.3 is 15.7 Å². The van der Waals surface area contributed by atoms with Crippen molar-refractivity contribution in [3.63, 3.8) is 0 Å². The summed E-state index contributed by atoms with van der Waals surface area (Å²) in [6.07, 6.45) is 0. The number of aliphatic hydroxyl groups is 1. The van der Waals surface area contributed by atoms with Gasteiger partial charge in [-0.2, -0.15) is 0 Å². The van der Waals surface area contributed by atoms with Crippen LogP contribution in [0.5, 0.6) is 0 Å². The number of benzene rings is 1. The first-order valence-electron chi connectivity index (χ1n) is 6.33. The molecule has 1 amide bonds. The number of likely N-dealkylation sites (N-methyl/N-ethyl adjacent to an activating group) is 1. The van der Waals surface area contributed by atoms with Crippen LogP contribution in [0.2, 0.25) is 0 Å². The first-order valence-corrected chi connectivity index (χ1v) is 6.33. The highest BCUT2D eigenvalue weighted by Gasteiger charge is 2.14. The van der Waals surface area contributed by atoms with Crippen LogP contribution in [0.25, 0.3) is 0 Å². The second kappa shape index (κ2) is 7.57. The van der Waals surface area contributed by atoms with E-state index in [4.69, 9.17) is 10.8 Å². The molecule has 0 saturated heterocycles. The molecule has 4 heteroatoms. The summed E-state index contributed by atoms with van der Waals surface area (Å²) in [6, 6.07) is 5.41. The Morgan fingerprint density at radius 2 is 2.21 bits per heavy atom. The molecule has 0 saturated carbocycles. The van der Waals surface area contributed by atoms with E-state index in [1.54, 1.807) is 11.0 Å². The summed E-state index contributed by atoms with van der Waals surface area (Å²) >= 11 is 0. The molecule has 0 heterocycles. The lowest BCUT2D eigenvalue weighted by Gasteiger charge is -2.20. The van der Waals surface area contributed by atoms with Gasteiger partial charge in [-0.1, -0.05) is 11.8 Å². The molecule has 0 aromatic heterocycles. The Kier molecular flexibility index (Phi) is 6.07. The van der Waals surface area contributed by atoms with Gasteiger partial charge in [0, 0.05) is 24.2 Å². The number of carbonyl (C=O) groups is 1. The van der Waals surface area contributed by atoms with E-state index in [2.05, 4.69) is 11.8 Å². The first-order chi connectivity index (χ1) is 9.13. The average Bonchev–Trinajstić information content (AvgIpc) is 2.42. The lowest BCUT2D eigenvalue weighted by Crippen LogP contribution is -2.33. The Bertz CT molecular complexity index is 501. The Morgan fingerprint density at radius 3 is 2.74 bits per heavy atom. The highest BCUT2D eigenvalue weighted by Crippen LogP contribution is 2.12. The molecule has 1 aromatic carbocycles. The fourth-order valence-electron chi connectivity index (χ4n) is 1.79. The van der Waals surface area contributed by atoms with Crippen LogP contribution < -0.4 is 5.73 Å².